The Morgan fingerprint density at radius 1 is 0.767 bits per heavy atom. The maximum Gasteiger partial charge on any atom is 0.119 e. The predicted molar refractivity (Wildman–Crippen MR) is 125 cm³/mol. The molecule has 2 N–H and O–H groups in total. The molecule has 0 saturated heterocycles. The number of benzene rings is 4. The Morgan fingerprint density at radius 3 is 1.93 bits per heavy atom. The van der Waals surface area contributed by atoms with Crippen molar-refractivity contribution in [3.8, 4) is 11.5 Å². The van der Waals surface area contributed by atoms with E-state index in [-0.39, 0.29) is 0 Å². The van der Waals surface area contributed by atoms with Gasteiger partial charge in [0.2, 0.25) is 0 Å². The molecule has 4 nitrogen and oxygen atoms in total. The topological polar surface area (TPSA) is 56.8 Å². The average Bonchev–Trinajstić information content (AvgIpc) is 2.78. The molecule has 30 heavy (non-hydrogen) atoms. The molecule has 0 aliphatic heterocycles. The van der Waals surface area contributed by atoms with Gasteiger partial charge in [0.1, 0.15) is 11.5 Å². The van der Waals surface area contributed by atoms with Crippen LogP contribution < -0.4 is 15.2 Å². The summed E-state index contributed by atoms with van der Waals surface area (Å²) in [7, 11) is 3.38. The second-order valence-electron chi connectivity index (χ2n) is 7.31. The smallest absolute Gasteiger partial charge is 0.119 e. The van der Waals surface area contributed by atoms with Crippen LogP contribution in [0, 0.1) is 0 Å². The number of rotatable bonds is 7. The van der Waals surface area contributed by atoms with Crippen LogP contribution in [0.15, 0.2) is 77.8 Å². The van der Waals surface area contributed by atoms with Crippen LogP contribution in [0.3, 0.4) is 0 Å². The van der Waals surface area contributed by atoms with Gasteiger partial charge in [-0.15, -0.1) is 0 Å². The van der Waals surface area contributed by atoms with Gasteiger partial charge in [-0.1, -0.05) is 48.5 Å². The number of methoxy groups -OCH3 is 2. The van der Waals surface area contributed by atoms with Gasteiger partial charge in [0.15, 0.2) is 0 Å². The number of aliphatic imine (C=N–C) groups is 1. The zero-order valence-electron chi connectivity index (χ0n) is 17.4. The number of nitrogens with zero attached hydrogens (tertiary/aromatic N) is 1. The lowest BCUT2D eigenvalue weighted by atomic mass is 10.0. The van der Waals surface area contributed by atoms with Crippen LogP contribution in [0.1, 0.15) is 11.1 Å². The predicted octanol–water partition coefficient (Wildman–Crippen LogP) is 5.15. The van der Waals surface area contributed by atoms with Crippen LogP contribution in [0.5, 0.6) is 11.5 Å². The summed E-state index contributed by atoms with van der Waals surface area (Å²) in [5.74, 6) is 2.35. The molecule has 0 radical (unpaired) electrons. The van der Waals surface area contributed by atoms with Crippen molar-refractivity contribution in [2.75, 3.05) is 20.8 Å². The van der Waals surface area contributed by atoms with Gasteiger partial charge in [0, 0.05) is 13.0 Å². The minimum Gasteiger partial charge on any atom is -0.497 e. The lowest BCUT2D eigenvalue weighted by Crippen LogP contribution is -2.16. The van der Waals surface area contributed by atoms with Gasteiger partial charge in [0.05, 0.1) is 20.1 Å². The largest absolute Gasteiger partial charge is 0.497 e. The third kappa shape index (κ3) is 4.23. The number of hydrogen-bond donors (Lipinski definition) is 1. The maximum atomic E-state index is 6.29. The number of ether oxygens (including phenoxy) is 2. The Labute approximate surface area is 177 Å². The molecule has 0 aromatic heterocycles. The second-order valence-corrected chi connectivity index (χ2v) is 7.31. The highest BCUT2D eigenvalue weighted by atomic mass is 16.5. The molecule has 0 saturated carbocycles. The number of fused-ring (bicyclic) bond motifs is 2. The maximum absolute atomic E-state index is 6.29. The molecule has 0 fully saturated rings. The van der Waals surface area contributed by atoms with E-state index in [2.05, 4.69) is 65.7 Å². The van der Waals surface area contributed by atoms with Crippen LogP contribution in [0.25, 0.3) is 21.5 Å². The van der Waals surface area contributed by atoms with E-state index < -0.39 is 0 Å². The fraction of sp³-hybridized carbons (Fsp3) is 0.192. The summed E-state index contributed by atoms with van der Waals surface area (Å²) >= 11 is 0. The normalized spacial score (nSPS) is 11.7. The molecule has 0 bridgehead atoms. The summed E-state index contributed by atoms with van der Waals surface area (Å²) in [6.45, 7) is 0.649. The molecule has 0 atom stereocenters. The molecule has 0 aliphatic carbocycles. The first-order valence-corrected chi connectivity index (χ1v) is 10.1. The van der Waals surface area contributed by atoms with E-state index in [1.165, 1.54) is 21.7 Å². The minimum absolute atomic E-state index is 0.619. The summed E-state index contributed by atoms with van der Waals surface area (Å²) in [5, 5.41) is 4.73. The quantitative estimate of drug-likeness (QED) is 0.346. The van der Waals surface area contributed by atoms with E-state index in [0.29, 0.717) is 18.8 Å². The Kier molecular flexibility index (Phi) is 5.84. The van der Waals surface area contributed by atoms with Gasteiger partial charge in [0.25, 0.3) is 0 Å². The third-order valence-electron chi connectivity index (χ3n) is 5.43. The highest BCUT2D eigenvalue weighted by Gasteiger charge is 2.06. The highest BCUT2D eigenvalue weighted by Crippen LogP contribution is 2.25. The summed E-state index contributed by atoms with van der Waals surface area (Å²) in [6.07, 6.45) is 1.45. The molecule has 0 amide bonds. The fourth-order valence-corrected chi connectivity index (χ4v) is 3.83. The van der Waals surface area contributed by atoms with E-state index in [1.54, 1.807) is 14.2 Å². The molecule has 4 aromatic rings. The summed E-state index contributed by atoms with van der Waals surface area (Å²) < 4.78 is 10.8. The Morgan fingerprint density at radius 2 is 1.33 bits per heavy atom. The molecule has 152 valence electrons. The Hall–Kier alpha value is -3.53. The van der Waals surface area contributed by atoms with Crippen LogP contribution in [-0.2, 0) is 12.8 Å². The SMILES string of the molecule is COc1ccc2cccc(CCN=C(N)Cc3cccc4ccc(OC)cc34)c2c1. The number of hydrogen-bond acceptors (Lipinski definition) is 3. The monoisotopic (exact) mass is 398 g/mol. The lowest BCUT2D eigenvalue weighted by Gasteiger charge is -2.09. The van der Waals surface area contributed by atoms with Gasteiger partial charge < -0.3 is 15.2 Å². The van der Waals surface area contributed by atoms with Gasteiger partial charge in [-0.2, -0.15) is 0 Å². The summed E-state index contributed by atoms with van der Waals surface area (Å²) in [4.78, 5) is 4.65. The van der Waals surface area contributed by atoms with Crippen molar-refractivity contribution in [1.82, 2.24) is 0 Å². The molecule has 4 heteroatoms. The van der Waals surface area contributed by atoms with Crippen LogP contribution >= 0.6 is 0 Å². The Balaban J connectivity index is 1.51. The van der Waals surface area contributed by atoms with E-state index in [0.717, 1.165) is 28.9 Å². The second kappa shape index (κ2) is 8.87. The van der Waals surface area contributed by atoms with Gasteiger partial charge in [-0.25, -0.2) is 0 Å². The average molecular weight is 399 g/mol. The van der Waals surface area contributed by atoms with Gasteiger partial charge >= 0.3 is 0 Å². The molecule has 0 unspecified atom stereocenters. The summed E-state index contributed by atoms with van der Waals surface area (Å²) in [5.41, 5.74) is 8.69. The van der Waals surface area contributed by atoms with Crippen molar-refractivity contribution >= 4 is 27.4 Å². The molecule has 0 heterocycles. The molecular weight excluding hydrogens is 372 g/mol. The first-order chi connectivity index (χ1) is 14.7. The molecule has 4 aromatic carbocycles. The van der Waals surface area contributed by atoms with E-state index in [9.17, 15) is 0 Å². The van der Waals surface area contributed by atoms with E-state index in [1.807, 2.05) is 12.1 Å². The van der Waals surface area contributed by atoms with Crippen molar-refractivity contribution in [2.45, 2.75) is 12.8 Å². The zero-order chi connectivity index (χ0) is 20.9. The number of amidine groups is 1. The van der Waals surface area contributed by atoms with Crippen LogP contribution in [0.2, 0.25) is 0 Å². The fourth-order valence-electron chi connectivity index (χ4n) is 3.83. The molecule has 0 spiro atoms. The van der Waals surface area contributed by atoms with Gasteiger partial charge in [-0.05, 0) is 63.4 Å². The first-order valence-electron chi connectivity index (χ1n) is 10.1. The van der Waals surface area contributed by atoms with Crippen LogP contribution in [0.4, 0.5) is 0 Å². The van der Waals surface area contributed by atoms with Crippen molar-refractivity contribution in [2.24, 2.45) is 10.7 Å². The van der Waals surface area contributed by atoms with Crippen molar-refractivity contribution in [3.63, 3.8) is 0 Å². The summed E-state index contributed by atoms with van der Waals surface area (Å²) in [6, 6.07) is 24.9. The first kappa shape index (κ1) is 19.8. The van der Waals surface area contributed by atoms with Crippen molar-refractivity contribution in [1.29, 1.82) is 0 Å². The van der Waals surface area contributed by atoms with Crippen molar-refractivity contribution in [3.05, 3.63) is 83.9 Å². The molecule has 4 rings (SSSR count). The molecular formula is C26H26N2O2. The van der Waals surface area contributed by atoms with Crippen LogP contribution in [-0.4, -0.2) is 26.6 Å². The zero-order valence-corrected chi connectivity index (χ0v) is 17.4. The highest BCUT2D eigenvalue weighted by molar-refractivity contribution is 5.92. The third-order valence-corrected chi connectivity index (χ3v) is 5.43. The Bertz CT molecular complexity index is 1210. The standard InChI is InChI=1S/C26H26N2O2/c1-29-22-11-9-18-5-3-7-20(24(18)16-22)13-14-28-26(27)15-21-8-4-6-19-10-12-23(30-2)17-25(19)21/h3-12,16-17H,13-15H2,1-2H3,(H2,27,28). The lowest BCUT2D eigenvalue weighted by molar-refractivity contribution is 0.415. The van der Waals surface area contributed by atoms with Crippen molar-refractivity contribution < 1.29 is 9.47 Å². The van der Waals surface area contributed by atoms with Gasteiger partial charge in [-0.3, -0.25) is 4.99 Å². The molecule has 0 aliphatic rings. The minimum atomic E-state index is 0.619. The van der Waals surface area contributed by atoms with E-state index >= 15 is 0 Å². The van der Waals surface area contributed by atoms with E-state index in [4.69, 9.17) is 15.2 Å². The number of nitrogens with two attached hydrogens (primary N) is 1.